The summed E-state index contributed by atoms with van der Waals surface area (Å²) in [4.78, 5) is 28.7. The van der Waals surface area contributed by atoms with Crippen LogP contribution in [0, 0.1) is 5.92 Å². The van der Waals surface area contributed by atoms with Crippen LogP contribution in [0.3, 0.4) is 0 Å². The fraction of sp³-hybridized carbons (Fsp3) is 0.310. The second-order valence-electron chi connectivity index (χ2n) is 8.93. The fourth-order valence-electron chi connectivity index (χ4n) is 3.72. The van der Waals surface area contributed by atoms with Gasteiger partial charge in [0, 0.05) is 24.0 Å². The van der Waals surface area contributed by atoms with E-state index in [9.17, 15) is 9.59 Å². The van der Waals surface area contributed by atoms with Gasteiger partial charge in [-0.15, -0.1) is 0 Å². The van der Waals surface area contributed by atoms with Crippen LogP contribution in [0.2, 0.25) is 0 Å². The Morgan fingerprint density at radius 3 is 2.17 bits per heavy atom. The predicted molar refractivity (Wildman–Crippen MR) is 145 cm³/mol. The zero-order chi connectivity index (χ0) is 25.9. The largest absolute Gasteiger partial charge is 0.493 e. The third kappa shape index (κ3) is 8.12. The molecule has 0 heterocycles. The van der Waals surface area contributed by atoms with E-state index in [1.807, 2.05) is 80.6 Å². The van der Waals surface area contributed by atoms with Crippen LogP contribution in [-0.2, 0) is 22.6 Å². The minimum Gasteiger partial charge on any atom is -0.493 e. The number of hydrogen-bond acceptors (Lipinski definition) is 4. The van der Waals surface area contributed by atoms with Crippen LogP contribution in [0.25, 0.3) is 0 Å². The van der Waals surface area contributed by atoms with Crippen LogP contribution in [-0.4, -0.2) is 43.0 Å². The molecule has 0 bridgehead atoms. The SMILES string of the molecule is COc1ccccc1OCC(=O)N(Cc1ccc(Br)cc1)[C@@H](Cc1ccccc1)C(=O)NCC(C)C. The smallest absolute Gasteiger partial charge is 0.261 e. The summed E-state index contributed by atoms with van der Waals surface area (Å²) < 4.78 is 12.1. The highest BCUT2D eigenvalue weighted by atomic mass is 79.9. The predicted octanol–water partition coefficient (Wildman–Crippen LogP) is 5.25. The average Bonchev–Trinajstić information content (AvgIpc) is 2.89. The van der Waals surface area contributed by atoms with Crippen molar-refractivity contribution in [3.05, 3.63) is 94.5 Å². The molecular formula is C29H33BrN2O4. The van der Waals surface area contributed by atoms with Crippen molar-refractivity contribution >= 4 is 27.7 Å². The van der Waals surface area contributed by atoms with E-state index < -0.39 is 6.04 Å². The van der Waals surface area contributed by atoms with Gasteiger partial charge in [-0.1, -0.05) is 84.4 Å². The maximum atomic E-state index is 13.6. The molecule has 3 rings (SSSR count). The molecule has 0 unspecified atom stereocenters. The molecule has 7 heteroatoms. The topological polar surface area (TPSA) is 67.9 Å². The van der Waals surface area contributed by atoms with E-state index in [4.69, 9.17) is 9.47 Å². The molecule has 0 saturated heterocycles. The molecule has 0 spiro atoms. The van der Waals surface area contributed by atoms with Gasteiger partial charge in [0.05, 0.1) is 7.11 Å². The molecule has 2 amide bonds. The van der Waals surface area contributed by atoms with Crippen LogP contribution in [0.5, 0.6) is 11.5 Å². The van der Waals surface area contributed by atoms with Gasteiger partial charge in [0.15, 0.2) is 18.1 Å². The molecule has 0 radical (unpaired) electrons. The van der Waals surface area contributed by atoms with Gasteiger partial charge in [0.2, 0.25) is 5.91 Å². The number of nitrogens with zero attached hydrogens (tertiary/aromatic N) is 1. The summed E-state index contributed by atoms with van der Waals surface area (Å²) in [5.74, 6) is 0.830. The number of hydrogen-bond donors (Lipinski definition) is 1. The number of para-hydroxylation sites is 2. The van der Waals surface area contributed by atoms with Crippen molar-refractivity contribution in [1.29, 1.82) is 0 Å². The molecule has 0 aliphatic heterocycles. The van der Waals surface area contributed by atoms with Gasteiger partial charge in [0.1, 0.15) is 6.04 Å². The Morgan fingerprint density at radius 1 is 0.889 bits per heavy atom. The number of halogens is 1. The Morgan fingerprint density at radius 2 is 1.53 bits per heavy atom. The normalized spacial score (nSPS) is 11.6. The summed E-state index contributed by atoms with van der Waals surface area (Å²) in [6.45, 7) is 4.66. The molecule has 3 aromatic carbocycles. The van der Waals surface area contributed by atoms with Crippen LogP contribution in [0.15, 0.2) is 83.3 Å². The lowest BCUT2D eigenvalue weighted by Crippen LogP contribution is -2.52. The Labute approximate surface area is 221 Å². The molecule has 0 saturated carbocycles. The van der Waals surface area contributed by atoms with E-state index in [-0.39, 0.29) is 30.9 Å². The van der Waals surface area contributed by atoms with Gasteiger partial charge >= 0.3 is 0 Å². The van der Waals surface area contributed by atoms with Gasteiger partial charge in [0.25, 0.3) is 5.91 Å². The molecule has 0 aliphatic rings. The summed E-state index contributed by atoms with van der Waals surface area (Å²) in [7, 11) is 1.55. The first kappa shape index (κ1) is 27.3. The van der Waals surface area contributed by atoms with Crippen LogP contribution in [0.4, 0.5) is 0 Å². The van der Waals surface area contributed by atoms with Crippen LogP contribution < -0.4 is 14.8 Å². The van der Waals surface area contributed by atoms with Crippen molar-refractivity contribution in [3.8, 4) is 11.5 Å². The molecule has 36 heavy (non-hydrogen) atoms. The molecule has 0 aliphatic carbocycles. The van der Waals surface area contributed by atoms with Crippen molar-refractivity contribution < 1.29 is 19.1 Å². The first-order chi connectivity index (χ1) is 17.4. The van der Waals surface area contributed by atoms with E-state index in [1.165, 1.54) is 0 Å². The van der Waals surface area contributed by atoms with Crippen LogP contribution in [0.1, 0.15) is 25.0 Å². The standard InChI is InChI=1S/C29H33BrN2O4/c1-21(2)18-31-29(34)25(17-22-9-5-4-6-10-22)32(19-23-13-15-24(30)16-14-23)28(33)20-36-27-12-8-7-11-26(27)35-3/h4-16,21,25H,17-20H2,1-3H3,(H,31,34)/t25-/m0/s1. The fourth-order valence-corrected chi connectivity index (χ4v) is 3.99. The lowest BCUT2D eigenvalue weighted by molar-refractivity contribution is -0.142. The average molecular weight is 553 g/mol. The highest BCUT2D eigenvalue weighted by Gasteiger charge is 2.31. The van der Waals surface area contributed by atoms with E-state index in [0.29, 0.717) is 24.5 Å². The lowest BCUT2D eigenvalue weighted by Gasteiger charge is -2.31. The third-order valence-electron chi connectivity index (χ3n) is 5.64. The van der Waals surface area contributed by atoms with E-state index in [2.05, 4.69) is 21.2 Å². The number of ether oxygens (including phenoxy) is 2. The number of methoxy groups -OCH3 is 1. The summed E-state index contributed by atoms with van der Waals surface area (Å²) in [6.07, 6.45) is 0.391. The quantitative estimate of drug-likeness (QED) is 0.333. The number of carbonyl (C=O) groups is 2. The number of amides is 2. The monoisotopic (exact) mass is 552 g/mol. The minimum absolute atomic E-state index is 0.185. The number of nitrogens with one attached hydrogen (secondary N) is 1. The molecule has 6 nitrogen and oxygen atoms in total. The molecule has 3 aromatic rings. The lowest BCUT2D eigenvalue weighted by atomic mass is 10.0. The molecule has 190 valence electrons. The molecule has 0 fully saturated rings. The van der Waals surface area contributed by atoms with Crippen LogP contribution >= 0.6 is 15.9 Å². The zero-order valence-electron chi connectivity index (χ0n) is 20.9. The van der Waals surface area contributed by atoms with Gasteiger partial charge in [-0.3, -0.25) is 9.59 Å². The van der Waals surface area contributed by atoms with Gasteiger partial charge in [-0.05, 0) is 41.3 Å². The Kier molecular flexibility index (Phi) is 10.4. The van der Waals surface area contributed by atoms with E-state index in [0.717, 1.165) is 15.6 Å². The van der Waals surface area contributed by atoms with Gasteiger partial charge in [-0.25, -0.2) is 0 Å². The van der Waals surface area contributed by atoms with Crippen molar-refractivity contribution in [1.82, 2.24) is 10.2 Å². The second kappa shape index (κ2) is 13.7. The Balaban J connectivity index is 1.90. The van der Waals surface area contributed by atoms with Crippen molar-refractivity contribution in [2.24, 2.45) is 5.92 Å². The van der Waals surface area contributed by atoms with E-state index in [1.54, 1.807) is 24.1 Å². The maximum Gasteiger partial charge on any atom is 0.261 e. The number of rotatable bonds is 12. The molecule has 1 atom stereocenters. The Bertz CT molecular complexity index is 1120. The summed E-state index contributed by atoms with van der Waals surface area (Å²) in [5.41, 5.74) is 1.89. The van der Waals surface area contributed by atoms with Crippen molar-refractivity contribution in [2.75, 3.05) is 20.3 Å². The first-order valence-corrected chi connectivity index (χ1v) is 12.8. The summed E-state index contributed by atoms with van der Waals surface area (Å²) in [6, 6.07) is 23.9. The number of benzene rings is 3. The second-order valence-corrected chi connectivity index (χ2v) is 9.85. The summed E-state index contributed by atoms with van der Waals surface area (Å²) in [5, 5.41) is 3.02. The maximum absolute atomic E-state index is 13.6. The molecular weight excluding hydrogens is 520 g/mol. The van der Waals surface area contributed by atoms with Crippen molar-refractivity contribution in [2.45, 2.75) is 32.9 Å². The summed E-state index contributed by atoms with van der Waals surface area (Å²) >= 11 is 3.46. The molecule has 0 aromatic heterocycles. The zero-order valence-corrected chi connectivity index (χ0v) is 22.5. The van der Waals surface area contributed by atoms with Crippen molar-refractivity contribution in [3.63, 3.8) is 0 Å². The van der Waals surface area contributed by atoms with Gasteiger partial charge < -0.3 is 19.7 Å². The third-order valence-corrected chi connectivity index (χ3v) is 6.17. The highest BCUT2D eigenvalue weighted by molar-refractivity contribution is 9.10. The molecule has 1 N–H and O–H groups in total. The van der Waals surface area contributed by atoms with Gasteiger partial charge in [-0.2, -0.15) is 0 Å². The number of carbonyl (C=O) groups excluding carboxylic acids is 2. The minimum atomic E-state index is -0.705. The highest BCUT2D eigenvalue weighted by Crippen LogP contribution is 2.26. The Hall–Kier alpha value is -3.32. The van der Waals surface area contributed by atoms with E-state index >= 15 is 0 Å². The first-order valence-electron chi connectivity index (χ1n) is 12.0.